The van der Waals surface area contributed by atoms with Crippen LogP contribution in [0.1, 0.15) is 24.8 Å². The Morgan fingerprint density at radius 3 is 2.23 bits per heavy atom. The lowest BCUT2D eigenvalue weighted by atomic mass is 10.1. The zero-order chi connectivity index (χ0) is 38.1. The Hall–Kier alpha value is -4.65. The van der Waals surface area contributed by atoms with Crippen LogP contribution < -0.4 is 14.9 Å². The largest absolute Gasteiger partial charge is 0.367 e. The Morgan fingerprint density at radius 1 is 0.849 bits per heavy atom. The number of hydrogen-bond acceptors (Lipinski definition) is 11. The van der Waals surface area contributed by atoms with Crippen molar-refractivity contribution in [2.75, 3.05) is 59.7 Å². The molecule has 2 aromatic heterocycles. The van der Waals surface area contributed by atoms with Gasteiger partial charge >= 0.3 is 0 Å². The van der Waals surface area contributed by atoms with Crippen LogP contribution in [-0.2, 0) is 19.9 Å². The van der Waals surface area contributed by atoms with Gasteiger partial charge < -0.3 is 10.2 Å². The number of sulfone groups is 1. The number of sulfonamides is 1. The Morgan fingerprint density at radius 2 is 1.55 bits per heavy atom. The lowest BCUT2D eigenvalue weighted by Gasteiger charge is -2.36. The molecule has 0 aliphatic carbocycles. The molecule has 0 bridgehead atoms. The maximum absolute atomic E-state index is 15.4. The summed E-state index contributed by atoms with van der Waals surface area (Å²) in [6.07, 6.45) is 2.63. The molecule has 0 spiro atoms. The average molecular weight is 790 g/mol. The van der Waals surface area contributed by atoms with Crippen LogP contribution in [0.4, 0.5) is 40.6 Å². The summed E-state index contributed by atoms with van der Waals surface area (Å²) in [6.45, 7) is 6.07. The average Bonchev–Trinajstić information content (AvgIpc) is 3.55. The molecule has 1 aliphatic heterocycles. The molecule has 6 rings (SSSR count). The van der Waals surface area contributed by atoms with E-state index in [1.807, 2.05) is 18.7 Å². The van der Waals surface area contributed by atoms with Gasteiger partial charge in [0.05, 0.1) is 38.4 Å². The van der Waals surface area contributed by atoms with Gasteiger partial charge in [-0.3, -0.25) is 9.62 Å². The molecule has 1 aliphatic rings. The molecule has 53 heavy (non-hydrogen) atoms. The van der Waals surface area contributed by atoms with Crippen molar-refractivity contribution in [2.45, 2.75) is 24.7 Å². The van der Waals surface area contributed by atoms with Crippen LogP contribution in [0.5, 0.6) is 0 Å². The fourth-order valence-corrected chi connectivity index (χ4v) is 8.51. The number of rotatable bonds is 12. The minimum absolute atomic E-state index is 0.00342. The Bertz CT molecular complexity index is 2350. The van der Waals surface area contributed by atoms with Crippen LogP contribution in [-0.4, -0.2) is 81.4 Å². The number of aromatic nitrogens is 3. The van der Waals surface area contributed by atoms with Crippen molar-refractivity contribution < 1.29 is 34.4 Å². The van der Waals surface area contributed by atoms with Crippen LogP contribution >= 0.6 is 11.3 Å². The highest BCUT2D eigenvalue weighted by Crippen LogP contribution is 2.40. The summed E-state index contributed by atoms with van der Waals surface area (Å²) in [7, 11) is -7.74. The molecule has 0 unspecified atom stereocenters. The molecule has 280 valence electrons. The van der Waals surface area contributed by atoms with E-state index in [-0.39, 0.29) is 34.7 Å². The molecular weight excluding hydrogens is 755 g/mol. The number of anilines is 4. The van der Waals surface area contributed by atoms with Gasteiger partial charge in [-0.2, -0.15) is 0 Å². The minimum atomic E-state index is -4.63. The second kappa shape index (κ2) is 15.4. The number of thiazole rings is 1. The smallest absolute Gasteiger partial charge is 0.267 e. The number of hydrogen-bond donors (Lipinski definition) is 2. The number of nitrogens with one attached hydrogen (secondary N) is 2. The fourth-order valence-electron chi connectivity index (χ4n) is 5.68. The van der Waals surface area contributed by atoms with Crippen LogP contribution in [0.15, 0.2) is 71.8 Å². The van der Waals surface area contributed by atoms with E-state index in [9.17, 15) is 25.6 Å². The molecule has 3 aromatic carbocycles. The maximum Gasteiger partial charge on any atom is 0.267 e. The van der Waals surface area contributed by atoms with Crippen molar-refractivity contribution >= 4 is 54.2 Å². The van der Waals surface area contributed by atoms with Gasteiger partial charge in [0.1, 0.15) is 33.1 Å². The maximum atomic E-state index is 15.4. The summed E-state index contributed by atoms with van der Waals surface area (Å²) in [6, 6.07) is 12.7. The van der Waals surface area contributed by atoms with Crippen molar-refractivity contribution in [3.05, 3.63) is 95.1 Å². The second-order valence-electron chi connectivity index (χ2n) is 12.8. The molecule has 0 amide bonds. The van der Waals surface area contributed by atoms with Crippen LogP contribution in [0.25, 0.3) is 21.8 Å². The van der Waals surface area contributed by atoms with E-state index in [0.29, 0.717) is 54.6 Å². The molecular formula is C35H35F4N7O4S3. The highest BCUT2D eigenvalue weighted by molar-refractivity contribution is 7.92. The molecule has 5 aromatic rings. The third-order valence-electron chi connectivity index (χ3n) is 8.38. The van der Waals surface area contributed by atoms with Crippen LogP contribution in [0.2, 0.25) is 0 Å². The Labute approximate surface area is 308 Å². The summed E-state index contributed by atoms with van der Waals surface area (Å²) in [4.78, 5) is 16.7. The minimum Gasteiger partial charge on any atom is -0.367 e. The number of piperazine rings is 1. The molecule has 1 fully saturated rings. The van der Waals surface area contributed by atoms with E-state index in [1.165, 1.54) is 35.9 Å². The fraction of sp³-hybridized carbons (Fsp3) is 0.286. The molecule has 0 radical (unpaired) electrons. The number of nitrogens with zero attached hydrogens (tertiary/aromatic N) is 5. The summed E-state index contributed by atoms with van der Waals surface area (Å²) >= 11 is 1.34. The van der Waals surface area contributed by atoms with Gasteiger partial charge in [-0.1, -0.05) is 32.0 Å². The number of halogens is 4. The standard InChI is InChI=1S/C35H35F4N7O4S3/c1-21(2)34-43-31(22-6-4-7-23(18-22)44-53(49,50)33-24(36)8-5-9-25(33)37)32(51-34)28-10-11-40-35(41-28)42-29-19-27(39)30(20-26(29)38)46-14-12-45(13-15-46)16-17-52(3,47)48/h4-11,18-21,44H,12-17H2,1-3H3,(H,40,41,42). The van der Waals surface area contributed by atoms with Gasteiger partial charge in [0, 0.05) is 74.5 Å². The predicted octanol–water partition coefficient (Wildman–Crippen LogP) is 6.66. The molecule has 3 heterocycles. The lowest BCUT2D eigenvalue weighted by molar-refractivity contribution is 0.271. The predicted molar refractivity (Wildman–Crippen MR) is 198 cm³/mol. The first kappa shape index (κ1) is 38.1. The van der Waals surface area contributed by atoms with E-state index < -0.39 is 48.0 Å². The number of benzene rings is 3. The van der Waals surface area contributed by atoms with Crippen molar-refractivity contribution in [3.8, 4) is 21.8 Å². The third-order valence-corrected chi connectivity index (χ3v) is 12.1. The normalized spacial score (nSPS) is 14.2. The molecule has 0 atom stereocenters. The third kappa shape index (κ3) is 8.94. The monoisotopic (exact) mass is 789 g/mol. The Kier molecular flexibility index (Phi) is 11.0. The molecule has 11 nitrogen and oxygen atoms in total. The summed E-state index contributed by atoms with van der Waals surface area (Å²) in [5.74, 6) is -3.85. The second-order valence-corrected chi connectivity index (χ2v) is 17.7. The van der Waals surface area contributed by atoms with E-state index in [2.05, 4.69) is 20.0 Å². The first-order valence-electron chi connectivity index (χ1n) is 16.4. The van der Waals surface area contributed by atoms with E-state index >= 15 is 8.78 Å². The highest BCUT2D eigenvalue weighted by atomic mass is 32.2. The van der Waals surface area contributed by atoms with Gasteiger partial charge in [-0.15, -0.1) is 11.3 Å². The van der Waals surface area contributed by atoms with Crippen molar-refractivity contribution in [1.82, 2.24) is 19.9 Å². The van der Waals surface area contributed by atoms with Gasteiger partial charge in [-0.25, -0.2) is 49.3 Å². The highest BCUT2D eigenvalue weighted by Gasteiger charge is 2.26. The zero-order valence-corrected chi connectivity index (χ0v) is 31.2. The van der Waals surface area contributed by atoms with E-state index in [4.69, 9.17) is 4.98 Å². The van der Waals surface area contributed by atoms with Gasteiger partial charge in [0.25, 0.3) is 10.0 Å². The van der Waals surface area contributed by atoms with Gasteiger partial charge in [0.15, 0.2) is 4.90 Å². The van der Waals surface area contributed by atoms with Gasteiger partial charge in [-0.05, 0) is 30.3 Å². The van der Waals surface area contributed by atoms with Crippen LogP contribution in [0, 0.1) is 23.3 Å². The topological polar surface area (TPSA) is 137 Å². The summed E-state index contributed by atoms with van der Waals surface area (Å²) < 4.78 is 111. The molecule has 2 N–H and O–H groups in total. The Balaban J connectivity index is 1.24. The summed E-state index contributed by atoms with van der Waals surface area (Å²) in [5.41, 5.74) is 1.26. The lowest BCUT2D eigenvalue weighted by Crippen LogP contribution is -2.47. The van der Waals surface area contributed by atoms with Crippen molar-refractivity contribution in [1.29, 1.82) is 0 Å². The molecule has 0 saturated carbocycles. The van der Waals surface area contributed by atoms with E-state index in [0.717, 1.165) is 35.3 Å². The molecule has 18 heteroatoms. The van der Waals surface area contributed by atoms with E-state index in [1.54, 1.807) is 23.1 Å². The van der Waals surface area contributed by atoms with Gasteiger partial charge in [0.2, 0.25) is 5.95 Å². The SMILES string of the molecule is CC(C)c1nc(-c2cccc(NS(=O)(=O)c3c(F)cccc3F)c2)c(-c2ccnc(Nc3cc(F)c(N4CCN(CCS(C)(=O)=O)CC4)cc3F)n2)s1. The van der Waals surface area contributed by atoms with Crippen molar-refractivity contribution in [3.63, 3.8) is 0 Å². The first-order chi connectivity index (χ1) is 25.1. The van der Waals surface area contributed by atoms with Crippen molar-refractivity contribution in [2.24, 2.45) is 0 Å². The molecule has 1 saturated heterocycles. The first-order valence-corrected chi connectivity index (χ1v) is 20.8. The van der Waals surface area contributed by atoms with Crippen LogP contribution in [0.3, 0.4) is 0 Å². The quantitative estimate of drug-likeness (QED) is 0.132. The zero-order valence-electron chi connectivity index (χ0n) is 28.8. The summed E-state index contributed by atoms with van der Waals surface area (Å²) in [5, 5.41) is 3.50.